The van der Waals surface area contributed by atoms with Crippen molar-refractivity contribution in [3.05, 3.63) is 58.7 Å². The zero-order valence-corrected chi connectivity index (χ0v) is 17.0. The fraction of sp³-hybridized carbons (Fsp3) is 0.391. The van der Waals surface area contributed by atoms with E-state index in [1.54, 1.807) is 6.07 Å². The van der Waals surface area contributed by atoms with Gasteiger partial charge in [-0.2, -0.15) is 0 Å². The van der Waals surface area contributed by atoms with E-state index in [0.717, 1.165) is 42.9 Å². The number of hydrogen-bond donors (Lipinski definition) is 2. The molecular weight excluding hydrogens is 350 g/mol. The summed E-state index contributed by atoms with van der Waals surface area (Å²) in [5.74, 6) is -0.201. The summed E-state index contributed by atoms with van der Waals surface area (Å²) in [7, 11) is 0. The Hall–Kier alpha value is -2.82. The van der Waals surface area contributed by atoms with Crippen LogP contribution in [-0.2, 0) is 11.3 Å². The quantitative estimate of drug-likeness (QED) is 0.819. The van der Waals surface area contributed by atoms with E-state index in [2.05, 4.69) is 47.6 Å². The number of amides is 2. The van der Waals surface area contributed by atoms with E-state index in [9.17, 15) is 9.59 Å². The Bertz CT molecular complexity index is 870. The van der Waals surface area contributed by atoms with Crippen LogP contribution >= 0.6 is 0 Å². The highest BCUT2D eigenvalue weighted by molar-refractivity contribution is 6.01. The Balaban J connectivity index is 1.83. The van der Waals surface area contributed by atoms with Crippen LogP contribution in [0.5, 0.6) is 0 Å². The van der Waals surface area contributed by atoms with Crippen molar-refractivity contribution in [3.63, 3.8) is 0 Å². The van der Waals surface area contributed by atoms with E-state index in [0.29, 0.717) is 12.1 Å². The second-order valence-corrected chi connectivity index (χ2v) is 7.57. The standard InChI is InChI=1S/C23H29N3O2/c1-16-7-8-17(2)19(13-16)15-24-23(28)21-10-9-20(25-18(3)27)14-22(21)26-11-5-4-6-12-26/h7-10,13-14H,4-6,11-12,15H2,1-3H3,(H,24,28)(H,25,27). The number of carbonyl (C=O) groups excluding carboxylic acids is 2. The number of anilines is 2. The van der Waals surface area contributed by atoms with Crippen molar-refractivity contribution in [2.45, 2.75) is 46.6 Å². The topological polar surface area (TPSA) is 61.4 Å². The molecule has 2 amide bonds. The number of hydrogen-bond acceptors (Lipinski definition) is 3. The van der Waals surface area contributed by atoms with Gasteiger partial charge in [-0.15, -0.1) is 0 Å². The van der Waals surface area contributed by atoms with Gasteiger partial charge in [0.1, 0.15) is 0 Å². The summed E-state index contributed by atoms with van der Waals surface area (Å²) in [6.07, 6.45) is 3.46. The Morgan fingerprint density at radius 3 is 2.46 bits per heavy atom. The Labute approximate surface area is 167 Å². The minimum Gasteiger partial charge on any atom is -0.371 e. The van der Waals surface area contributed by atoms with Gasteiger partial charge in [0.2, 0.25) is 5.91 Å². The molecule has 0 aliphatic carbocycles. The van der Waals surface area contributed by atoms with Crippen LogP contribution in [0.1, 0.15) is 53.2 Å². The van der Waals surface area contributed by atoms with Crippen molar-refractivity contribution in [3.8, 4) is 0 Å². The molecule has 2 aromatic carbocycles. The van der Waals surface area contributed by atoms with Crippen molar-refractivity contribution in [2.24, 2.45) is 0 Å². The number of carbonyl (C=O) groups is 2. The maximum atomic E-state index is 13.0. The molecule has 1 saturated heterocycles. The van der Waals surface area contributed by atoms with Crippen LogP contribution in [0.15, 0.2) is 36.4 Å². The first-order valence-corrected chi connectivity index (χ1v) is 9.95. The molecule has 28 heavy (non-hydrogen) atoms. The van der Waals surface area contributed by atoms with Gasteiger partial charge in [0.25, 0.3) is 5.91 Å². The minimum atomic E-state index is -0.114. The van der Waals surface area contributed by atoms with Gasteiger partial charge >= 0.3 is 0 Å². The molecule has 0 saturated carbocycles. The van der Waals surface area contributed by atoms with E-state index in [1.807, 2.05) is 12.1 Å². The van der Waals surface area contributed by atoms with Crippen LogP contribution < -0.4 is 15.5 Å². The van der Waals surface area contributed by atoms with Crippen LogP contribution in [-0.4, -0.2) is 24.9 Å². The average molecular weight is 380 g/mol. The highest BCUT2D eigenvalue weighted by Gasteiger charge is 2.19. The highest BCUT2D eigenvalue weighted by atomic mass is 16.2. The van der Waals surface area contributed by atoms with Gasteiger partial charge in [0, 0.05) is 32.2 Å². The summed E-state index contributed by atoms with van der Waals surface area (Å²) in [5, 5.41) is 5.89. The smallest absolute Gasteiger partial charge is 0.253 e. The third-order valence-corrected chi connectivity index (χ3v) is 5.20. The SMILES string of the molecule is CC(=O)Nc1ccc(C(=O)NCc2cc(C)ccc2C)c(N2CCCCC2)c1. The number of rotatable bonds is 5. The van der Waals surface area contributed by atoms with Crippen molar-refractivity contribution in [1.82, 2.24) is 5.32 Å². The monoisotopic (exact) mass is 379 g/mol. The molecule has 0 spiro atoms. The highest BCUT2D eigenvalue weighted by Crippen LogP contribution is 2.28. The number of aryl methyl sites for hydroxylation is 2. The van der Waals surface area contributed by atoms with Crippen molar-refractivity contribution < 1.29 is 9.59 Å². The number of piperidine rings is 1. The predicted molar refractivity (Wildman–Crippen MR) is 114 cm³/mol. The molecule has 148 valence electrons. The molecule has 3 rings (SSSR count). The molecule has 2 aromatic rings. The largest absolute Gasteiger partial charge is 0.371 e. The first-order valence-electron chi connectivity index (χ1n) is 9.95. The first-order chi connectivity index (χ1) is 13.4. The van der Waals surface area contributed by atoms with E-state index in [1.165, 1.54) is 24.5 Å². The first kappa shape index (κ1) is 19.9. The Morgan fingerprint density at radius 2 is 1.75 bits per heavy atom. The Kier molecular flexibility index (Phi) is 6.34. The minimum absolute atomic E-state index is 0.0872. The summed E-state index contributed by atoms with van der Waals surface area (Å²) in [4.78, 5) is 26.7. The lowest BCUT2D eigenvalue weighted by molar-refractivity contribution is -0.114. The van der Waals surface area contributed by atoms with Crippen molar-refractivity contribution in [1.29, 1.82) is 0 Å². The fourth-order valence-electron chi connectivity index (χ4n) is 3.66. The Morgan fingerprint density at radius 1 is 1.00 bits per heavy atom. The number of benzene rings is 2. The third-order valence-electron chi connectivity index (χ3n) is 5.20. The molecular formula is C23H29N3O2. The summed E-state index contributed by atoms with van der Waals surface area (Å²) >= 11 is 0. The normalized spacial score (nSPS) is 13.9. The van der Waals surface area contributed by atoms with Gasteiger partial charge in [-0.3, -0.25) is 9.59 Å². The lowest BCUT2D eigenvalue weighted by Crippen LogP contribution is -2.33. The third kappa shape index (κ3) is 4.91. The molecule has 0 bridgehead atoms. The second kappa shape index (κ2) is 8.91. The van der Waals surface area contributed by atoms with E-state index in [4.69, 9.17) is 0 Å². The van der Waals surface area contributed by atoms with E-state index < -0.39 is 0 Å². The van der Waals surface area contributed by atoms with Crippen LogP contribution in [0.25, 0.3) is 0 Å². The lowest BCUT2D eigenvalue weighted by Gasteiger charge is -2.30. The van der Waals surface area contributed by atoms with Gasteiger partial charge < -0.3 is 15.5 Å². The fourth-order valence-corrected chi connectivity index (χ4v) is 3.66. The average Bonchev–Trinajstić information content (AvgIpc) is 2.68. The zero-order chi connectivity index (χ0) is 20.1. The van der Waals surface area contributed by atoms with Crippen LogP contribution in [0.4, 0.5) is 11.4 Å². The molecule has 0 atom stereocenters. The summed E-state index contributed by atoms with van der Waals surface area (Å²) in [6.45, 7) is 7.97. The summed E-state index contributed by atoms with van der Waals surface area (Å²) in [5.41, 5.74) is 5.75. The van der Waals surface area contributed by atoms with Crippen LogP contribution in [0.3, 0.4) is 0 Å². The van der Waals surface area contributed by atoms with Crippen molar-refractivity contribution in [2.75, 3.05) is 23.3 Å². The van der Waals surface area contributed by atoms with E-state index in [-0.39, 0.29) is 11.8 Å². The van der Waals surface area contributed by atoms with Gasteiger partial charge in [-0.1, -0.05) is 23.8 Å². The van der Waals surface area contributed by atoms with Crippen LogP contribution in [0, 0.1) is 13.8 Å². The number of nitrogens with one attached hydrogen (secondary N) is 2. The molecule has 1 heterocycles. The molecule has 5 nitrogen and oxygen atoms in total. The molecule has 1 fully saturated rings. The number of nitrogens with zero attached hydrogens (tertiary/aromatic N) is 1. The van der Waals surface area contributed by atoms with Crippen molar-refractivity contribution >= 4 is 23.2 Å². The van der Waals surface area contributed by atoms with Gasteiger partial charge in [-0.05, 0) is 62.4 Å². The molecule has 0 radical (unpaired) electrons. The maximum absolute atomic E-state index is 13.0. The van der Waals surface area contributed by atoms with E-state index >= 15 is 0 Å². The molecule has 1 aliphatic heterocycles. The molecule has 5 heteroatoms. The molecule has 1 aliphatic rings. The summed E-state index contributed by atoms with van der Waals surface area (Å²) in [6, 6.07) is 11.8. The predicted octanol–water partition coefficient (Wildman–Crippen LogP) is 4.18. The van der Waals surface area contributed by atoms with Crippen LogP contribution in [0.2, 0.25) is 0 Å². The molecule has 0 aromatic heterocycles. The zero-order valence-electron chi connectivity index (χ0n) is 17.0. The van der Waals surface area contributed by atoms with Gasteiger partial charge in [0.15, 0.2) is 0 Å². The van der Waals surface area contributed by atoms with Gasteiger partial charge in [-0.25, -0.2) is 0 Å². The maximum Gasteiger partial charge on any atom is 0.253 e. The van der Waals surface area contributed by atoms with Gasteiger partial charge in [0.05, 0.1) is 11.3 Å². The summed E-state index contributed by atoms with van der Waals surface area (Å²) < 4.78 is 0. The second-order valence-electron chi connectivity index (χ2n) is 7.57. The lowest BCUT2D eigenvalue weighted by atomic mass is 10.0. The molecule has 0 unspecified atom stereocenters. The molecule has 2 N–H and O–H groups in total.